The van der Waals surface area contributed by atoms with Crippen molar-refractivity contribution in [2.45, 2.75) is 87.3 Å². The van der Waals surface area contributed by atoms with Crippen molar-refractivity contribution >= 4 is 11.9 Å². The van der Waals surface area contributed by atoms with Gasteiger partial charge < -0.3 is 28.8 Å². The molecule has 11 heteroatoms. The molecule has 3 aliphatic carbocycles. The molecule has 192 valence electrons. The van der Waals surface area contributed by atoms with E-state index in [4.69, 9.17) is 23.7 Å². The molecule has 2 spiro atoms. The highest BCUT2D eigenvalue weighted by atomic mass is 16.8. The van der Waals surface area contributed by atoms with Gasteiger partial charge in [-0.2, -0.15) is 0 Å². The zero-order valence-electron chi connectivity index (χ0n) is 20.6. The van der Waals surface area contributed by atoms with Crippen molar-refractivity contribution in [1.29, 1.82) is 0 Å². The summed E-state index contributed by atoms with van der Waals surface area (Å²) in [5, 5.41) is 20.9. The van der Waals surface area contributed by atoms with Crippen LogP contribution in [0.5, 0.6) is 0 Å². The molecule has 5 heterocycles. The Kier molecular flexibility index (Phi) is 3.64. The SMILES string of the molecule is COC(=O)c1cn(C[C@@]2(O)[C@]34O[C@H]3C[C@H]3C5=C(CC[C@]3(C)[C@@]43O[C@H]3[C@@H]3O[C@@]32C(C)C)C(=O)OC5)nn1. The van der Waals surface area contributed by atoms with Crippen molar-refractivity contribution in [3.05, 3.63) is 23.0 Å². The number of hydrogen-bond donors (Lipinski definition) is 1. The number of ether oxygens (including phenoxy) is 5. The summed E-state index contributed by atoms with van der Waals surface area (Å²) in [7, 11) is 1.29. The summed E-state index contributed by atoms with van der Waals surface area (Å²) in [6.07, 6.45) is 2.79. The molecule has 0 aromatic carbocycles. The smallest absolute Gasteiger partial charge is 0.360 e. The molecule has 0 unspecified atom stereocenters. The van der Waals surface area contributed by atoms with E-state index in [1.165, 1.54) is 18.0 Å². The summed E-state index contributed by atoms with van der Waals surface area (Å²) >= 11 is 0. The van der Waals surface area contributed by atoms with Gasteiger partial charge in [0.1, 0.15) is 30.0 Å². The first-order valence-electron chi connectivity index (χ1n) is 12.7. The first-order valence-corrected chi connectivity index (χ1v) is 12.7. The van der Waals surface area contributed by atoms with Crippen molar-refractivity contribution in [2.24, 2.45) is 17.3 Å². The molecule has 1 aromatic heterocycles. The van der Waals surface area contributed by atoms with Gasteiger partial charge in [0, 0.05) is 11.0 Å². The summed E-state index contributed by atoms with van der Waals surface area (Å²) in [4.78, 5) is 24.4. The van der Waals surface area contributed by atoms with Gasteiger partial charge in [-0.1, -0.05) is 26.0 Å². The highest BCUT2D eigenvalue weighted by Crippen LogP contribution is 2.85. The van der Waals surface area contributed by atoms with Crippen LogP contribution in [-0.2, 0) is 35.0 Å². The molecule has 2 saturated carbocycles. The van der Waals surface area contributed by atoms with Gasteiger partial charge in [0.15, 0.2) is 16.9 Å². The van der Waals surface area contributed by atoms with Crippen LogP contribution in [0, 0.1) is 17.3 Å². The second-order valence-corrected chi connectivity index (χ2v) is 12.0. The Morgan fingerprint density at radius 1 is 1.28 bits per heavy atom. The van der Waals surface area contributed by atoms with Crippen LogP contribution in [-0.4, -0.2) is 86.5 Å². The number of rotatable bonds is 4. The number of aliphatic hydroxyl groups is 1. The summed E-state index contributed by atoms with van der Waals surface area (Å²) in [5.41, 5.74) is -2.52. The highest BCUT2D eigenvalue weighted by Gasteiger charge is 3.04. The number of methoxy groups -OCH3 is 1. The maximum Gasteiger partial charge on any atom is 0.360 e. The fraction of sp³-hybridized carbons (Fsp3) is 0.760. The number of hydrogen-bond acceptors (Lipinski definition) is 10. The van der Waals surface area contributed by atoms with Crippen LogP contribution in [0.15, 0.2) is 17.3 Å². The number of carbonyl (C=O) groups is 2. The quantitative estimate of drug-likeness (QED) is 0.461. The summed E-state index contributed by atoms with van der Waals surface area (Å²) in [6.45, 7) is 6.67. The molecule has 3 saturated heterocycles. The lowest BCUT2D eigenvalue weighted by molar-refractivity contribution is -0.175. The van der Waals surface area contributed by atoms with Gasteiger partial charge in [0.2, 0.25) is 0 Å². The predicted molar refractivity (Wildman–Crippen MR) is 117 cm³/mol. The molecule has 0 radical (unpaired) electrons. The minimum Gasteiger partial charge on any atom is -0.464 e. The van der Waals surface area contributed by atoms with Crippen LogP contribution >= 0.6 is 0 Å². The molecule has 4 aliphatic heterocycles. The molecule has 7 aliphatic rings. The molecule has 5 fully saturated rings. The van der Waals surface area contributed by atoms with Crippen molar-refractivity contribution in [3.8, 4) is 0 Å². The lowest BCUT2D eigenvalue weighted by Crippen LogP contribution is -2.76. The first-order chi connectivity index (χ1) is 17.1. The van der Waals surface area contributed by atoms with E-state index in [1.807, 2.05) is 13.8 Å². The van der Waals surface area contributed by atoms with Crippen LogP contribution in [0.3, 0.4) is 0 Å². The molecule has 8 rings (SSSR count). The molecule has 1 aromatic rings. The Balaban J connectivity index is 1.26. The van der Waals surface area contributed by atoms with Crippen molar-refractivity contribution in [2.75, 3.05) is 13.7 Å². The minimum atomic E-state index is -1.48. The first kappa shape index (κ1) is 21.7. The number of carbonyl (C=O) groups excluding carboxylic acids is 2. The largest absolute Gasteiger partial charge is 0.464 e. The Hall–Kier alpha value is -2.34. The fourth-order valence-electron chi connectivity index (χ4n) is 9.13. The normalized spacial score (nSPS) is 50.8. The van der Waals surface area contributed by atoms with Gasteiger partial charge in [-0.05, 0) is 36.7 Å². The Morgan fingerprint density at radius 3 is 2.83 bits per heavy atom. The number of esters is 2. The van der Waals surface area contributed by atoms with Crippen LogP contribution in [0.1, 0.15) is 50.5 Å². The maximum atomic E-state index is 12.9. The van der Waals surface area contributed by atoms with Crippen LogP contribution in [0.4, 0.5) is 0 Å². The van der Waals surface area contributed by atoms with E-state index in [0.717, 1.165) is 17.6 Å². The van der Waals surface area contributed by atoms with Gasteiger partial charge in [-0.3, -0.25) is 0 Å². The van der Waals surface area contributed by atoms with Crippen molar-refractivity contribution in [1.82, 2.24) is 15.0 Å². The molecule has 1 N–H and O–H groups in total. The predicted octanol–water partition coefficient (Wildman–Crippen LogP) is 0.552. The van der Waals surface area contributed by atoms with E-state index in [1.54, 1.807) is 0 Å². The lowest BCUT2D eigenvalue weighted by Gasteiger charge is -2.56. The lowest BCUT2D eigenvalue weighted by atomic mass is 9.44. The standard InChI is InChI=1S/C25H29N3O8/c1-11(2)23-17(35-23)18-25(36-18)21(3)6-5-12-13(9-33-19(12)29)14(21)7-16-24(25,34-16)22(23,31)10-28-8-15(26-27-28)20(30)32-4/h8,11,14,16-18,31H,5-7,9-10H2,1-4H3/t14-,16-,17-,18-,21-,22-,23-,24+,25+/m0/s1. The van der Waals surface area contributed by atoms with E-state index >= 15 is 0 Å². The zero-order valence-corrected chi connectivity index (χ0v) is 20.6. The van der Waals surface area contributed by atoms with E-state index in [2.05, 4.69) is 17.2 Å². The fourth-order valence-corrected chi connectivity index (χ4v) is 9.13. The monoisotopic (exact) mass is 499 g/mol. The third kappa shape index (κ3) is 1.95. The second-order valence-electron chi connectivity index (χ2n) is 12.0. The third-order valence-corrected chi connectivity index (χ3v) is 10.7. The van der Waals surface area contributed by atoms with Crippen molar-refractivity contribution < 1.29 is 38.4 Å². The topological polar surface area (TPSA) is 141 Å². The van der Waals surface area contributed by atoms with Crippen LogP contribution in [0.25, 0.3) is 0 Å². The Bertz CT molecular complexity index is 1290. The van der Waals surface area contributed by atoms with Gasteiger partial charge in [0.25, 0.3) is 0 Å². The number of nitrogens with zero attached hydrogens (tertiary/aromatic N) is 3. The highest BCUT2D eigenvalue weighted by molar-refractivity contribution is 5.92. The van der Waals surface area contributed by atoms with E-state index in [0.29, 0.717) is 19.4 Å². The number of aromatic nitrogens is 3. The second kappa shape index (κ2) is 6.03. The molecule has 36 heavy (non-hydrogen) atoms. The minimum absolute atomic E-state index is 0.0235. The molecule has 9 atom stereocenters. The maximum absolute atomic E-state index is 12.9. The van der Waals surface area contributed by atoms with E-state index < -0.39 is 28.4 Å². The average Bonchev–Trinajstić information content (AvgIpc) is 3.77. The number of cyclic esters (lactones) is 1. The molecular weight excluding hydrogens is 470 g/mol. The molecule has 0 bridgehead atoms. The average molecular weight is 500 g/mol. The van der Waals surface area contributed by atoms with Crippen molar-refractivity contribution in [3.63, 3.8) is 0 Å². The third-order valence-electron chi connectivity index (χ3n) is 10.7. The molecule has 11 nitrogen and oxygen atoms in total. The molecular formula is C25H29N3O8. The van der Waals surface area contributed by atoms with Gasteiger partial charge >= 0.3 is 11.9 Å². The van der Waals surface area contributed by atoms with Gasteiger partial charge in [0.05, 0.1) is 26.0 Å². The number of epoxide rings is 3. The van der Waals surface area contributed by atoms with Crippen LogP contribution in [0.2, 0.25) is 0 Å². The van der Waals surface area contributed by atoms with Gasteiger partial charge in [-0.15, -0.1) is 5.10 Å². The summed E-state index contributed by atoms with van der Waals surface area (Å²) in [6, 6.07) is 0. The summed E-state index contributed by atoms with van der Waals surface area (Å²) in [5.74, 6) is -0.748. The summed E-state index contributed by atoms with van der Waals surface area (Å²) < 4.78 is 31.5. The number of fused-ring (bicyclic) bond motifs is 4. The molecule has 0 amide bonds. The zero-order chi connectivity index (χ0) is 25.0. The van der Waals surface area contributed by atoms with E-state index in [9.17, 15) is 14.7 Å². The Labute approximate surface area is 207 Å². The van der Waals surface area contributed by atoms with Crippen LogP contribution < -0.4 is 0 Å². The van der Waals surface area contributed by atoms with E-state index in [-0.39, 0.29) is 53.8 Å². The van der Waals surface area contributed by atoms with Gasteiger partial charge in [-0.25, -0.2) is 14.3 Å². The Morgan fingerprint density at radius 2 is 2.08 bits per heavy atom.